The Hall–Kier alpha value is -3.26. The first-order valence-corrected chi connectivity index (χ1v) is 12.3. The van der Waals surface area contributed by atoms with Gasteiger partial charge in [-0.25, -0.2) is 9.59 Å². The van der Waals surface area contributed by atoms with Gasteiger partial charge in [0.05, 0.1) is 10.7 Å². The summed E-state index contributed by atoms with van der Waals surface area (Å²) in [5.74, 6) is -0.602. The Kier molecular flexibility index (Phi) is 7.80. The number of carbonyl (C=O) groups excluding carboxylic acids is 2. The maximum Gasteiger partial charge on any atom is 0.410 e. The minimum Gasteiger partial charge on any atom is -0.481 e. The van der Waals surface area contributed by atoms with Crippen molar-refractivity contribution >= 4 is 41.1 Å². The molecule has 0 spiro atoms. The van der Waals surface area contributed by atoms with Crippen LogP contribution in [0, 0.1) is 12.8 Å². The number of benzene rings is 2. The molecule has 1 aliphatic carbocycles. The molecule has 0 saturated heterocycles. The largest absolute Gasteiger partial charge is 0.481 e. The smallest absolute Gasteiger partial charge is 0.410 e. The number of carboxylic acid groups (broad SMARTS) is 1. The number of hydrogen-bond donors (Lipinski definition) is 3. The van der Waals surface area contributed by atoms with Crippen molar-refractivity contribution in [2.45, 2.75) is 58.1 Å². The minimum absolute atomic E-state index is 0.152. The van der Waals surface area contributed by atoms with Crippen LogP contribution < -0.4 is 10.6 Å². The van der Waals surface area contributed by atoms with Crippen molar-refractivity contribution in [3.63, 3.8) is 0 Å². The molecule has 4 rings (SSSR count). The van der Waals surface area contributed by atoms with Gasteiger partial charge in [-0.1, -0.05) is 29.8 Å². The maximum atomic E-state index is 12.7. The Morgan fingerprint density at radius 3 is 2.60 bits per heavy atom. The first kappa shape index (κ1) is 24.9. The van der Waals surface area contributed by atoms with Crippen molar-refractivity contribution in [1.82, 2.24) is 4.90 Å². The standard InChI is InChI=1S/C26H30ClN3O5/c1-16-3-2-4-22(24(16)27)29-25(33)28-20-8-7-19-15-30(12-11-18(19)14-20)26(34)35-21-9-5-17(6-10-21)13-23(31)32/h2-4,7-8,14,17,21H,5-6,9-13,15H2,1H3,(H,31,32)(H2,28,29,33)/t17-,21-. The number of rotatable bonds is 5. The summed E-state index contributed by atoms with van der Waals surface area (Å²) in [6, 6.07) is 10.7. The monoisotopic (exact) mass is 499 g/mol. The summed E-state index contributed by atoms with van der Waals surface area (Å²) in [7, 11) is 0. The molecule has 186 valence electrons. The van der Waals surface area contributed by atoms with Gasteiger partial charge in [0.15, 0.2) is 0 Å². The summed E-state index contributed by atoms with van der Waals surface area (Å²) in [5, 5.41) is 15.1. The van der Waals surface area contributed by atoms with Gasteiger partial charge in [0, 0.05) is 25.2 Å². The molecule has 9 heteroatoms. The second kappa shape index (κ2) is 11.0. The van der Waals surface area contributed by atoms with Crippen LogP contribution in [0.1, 0.15) is 48.8 Å². The normalized spacial score (nSPS) is 19.4. The van der Waals surface area contributed by atoms with Gasteiger partial charge < -0.3 is 25.4 Å². The Labute approximate surface area is 209 Å². The molecule has 2 aromatic carbocycles. The number of anilines is 2. The molecule has 3 amide bonds. The summed E-state index contributed by atoms with van der Waals surface area (Å²) in [6.45, 7) is 2.86. The SMILES string of the molecule is Cc1cccc(NC(=O)Nc2ccc3c(c2)CCN(C(=O)O[C@H]2CC[C@H](CC(=O)O)CC2)C3)c1Cl. The number of amides is 3. The molecular weight excluding hydrogens is 470 g/mol. The third-order valence-electron chi connectivity index (χ3n) is 6.70. The van der Waals surface area contributed by atoms with Gasteiger partial charge in [-0.2, -0.15) is 0 Å². The number of nitrogens with zero attached hydrogens (tertiary/aromatic N) is 1. The number of carboxylic acids is 1. The summed E-state index contributed by atoms with van der Waals surface area (Å²) in [5.41, 5.74) is 4.19. The van der Waals surface area contributed by atoms with Crippen LogP contribution in [0.3, 0.4) is 0 Å². The Balaban J connectivity index is 1.28. The summed E-state index contributed by atoms with van der Waals surface area (Å²) >= 11 is 6.25. The zero-order valence-electron chi connectivity index (χ0n) is 19.7. The topological polar surface area (TPSA) is 108 Å². The fourth-order valence-corrected chi connectivity index (χ4v) is 4.91. The molecule has 0 atom stereocenters. The van der Waals surface area contributed by atoms with E-state index in [9.17, 15) is 14.4 Å². The molecule has 0 radical (unpaired) electrons. The van der Waals surface area contributed by atoms with Crippen molar-refractivity contribution in [3.8, 4) is 0 Å². The molecule has 1 aliphatic heterocycles. The van der Waals surface area contributed by atoms with Gasteiger partial charge in [0.1, 0.15) is 6.10 Å². The number of urea groups is 1. The fourth-order valence-electron chi connectivity index (χ4n) is 4.73. The quantitative estimate of drug-likeness (QED) is 0.480. The van der Waals surface area contributed by atoms with Crippen molar-refractivity contribution in [3.05, 3.63) is 58.1 Å². The fraction of sp³-hybridized carbons (Fsp3) is 0.423. The zero-order valence-corrected chi connectivity index (χ0v) is 20.4. The van der Waals surface area contributed by atoms with Gasteiger partial charge in [-0.3, -0.25) is 4.79 Å². The van der Waals surface area contributed by atoms with E-state index in [0.717, 1.165) is 29.5 Å². The summed E-state index contributed by atoms with van der Waals surface area (Å²) in [4.78, 5) is 37.7. The second-order valence-corrected chi connectivity index (χ2v) is 9.67. The van der Waals surface area contributed by atoms with Crippen LogP contribution in [0.2, 0.25) is 5.02 Å². The highest BCUT2D eigenvalue weighted by atomic mass is 35.5. The average Bonchev–Trinajstić information content (AvgIpc) is 2.82. The van der Waals surface area contributed by atoms with Crippen LogP contribution in [0.25, 0.3) is 0 Å². The number of fused-ring (bicyclic) bond motifs is 1. The van der Waals surface area contributed by atoms with E-state index >= 15 is 0 Å². The van der Waals surface area contributed by atoms with Crippen molar-refractivity contribution < 1.29 is 24.2 Å². The van der Waals surface area contributed by atoms with E-state index in [1.807, 2.05) is 37.3 Å². The predicted octanol–water partition coefficient (Wildman–Crippen LogP) is 5.82. The lowest BCUT2D eigenvalue weighted by atomic mass is 9.85. The highest BCUT2D eigenvalue weighted by Crippen LogP contribution is 2.30. The van der Waals surface area contributed by atoms with E-state index in [1.54, 1.807) is 11.0 Å². The maximum absolute atomic E-state index is 12.7. The van der Waals surface area contributed by atoms with E-state index in [2.05, 4.69) is 10.6 Å². The van der Waals surface area contributed by atoms with Crippen LogP contribution >= 0.6 is 11.6 Å². The van der Waals surface area contributed by atoms with Crippen molar-refractivity contribution in [2.75, 3.05) is 17.2 Å². The van der Waals surface area contributed by atoms with E-state index < -0.39 is 5.97 Å². The Bertz CT molecular complexity index is 1110. The average molecular weight is 500 g/mol. The molecule has 1 heterocycles. The Morgan fingerprint density at radius 2 is 1.86 bits per heavy atom. The molecule has 1 saturated carbocycles. The minimum atomic E-state index is -0.771. The second-order valence-electron chi connectivity index (χ2n) is 9.29. The number of halogens is 1. The van der Waals surface area contributed by atoms with Crippen LogP contribution in [0.15, 0.2) is 36.4 Å². The predicted molar refractivity (Wildman–Crippen MR) is 134 cm³/mol. The van der Waals surface area contributed by atoms with Crippen LogP contribution in [0.5, 0.6) is 0 Å². The molecule has 35 heavy (non-hydrogen) atoms. The van der Waals surface area contributed by atoms with E-state index in [0.29, 0.717) is 48.7 Å². The zero-order chi connectivity index (χ0) is 24.9. The summed E-state index contributed by atoms with van der Waals surface area (Å²) < 4.78 is 5.71. The number of aliphatic carboxylic acids is 1. The first-order chi connectivity index (χ1) is 16.8. The molecule has 0 bridgehead atoms. The highest BCUT2D eigenvalue weighted by molar-refractivity contribution is 6.34. The molecule has 8 nitrogen and oxygen atoms in total. The van der Waals surface area contributed by atoms with Gasteiger partial charge in [-0.05, 0) is 79.8 Å². The molecular formula is C26H30ClN3O5. The summed E-state index contributed by atoms with van der Waals surface area (Å²) in [6.07, 6.45) is 3.32. The molecule has 2 aromatic rings. The number of aryl methyl sites for hydroxylation is 1. The van der Waals surface area contributed by atoms with Crippen LogP contribution in [0.4, 0.5) is 21.0 Å². The van der Waals surface area contributed by atoms with Crippen molar-refractivity contribution in [2.24, 2.45) is 5.92 Å². The number of carbonyl (C=O) groups is 3. The number of hydrogen-bond acceptors (Lipinski definition) is 4. The number of ether oxygens (including phenoxy) is 1. The lowest BCUT2D eigenvalue weighted by molar-refractivity contribution is -0.138. The number of nitrogens with one attached hydrogen (secondary N) is 2. The Morgan fingerprint density at radius 1 is 1.09 bits per heavy atom. The van der Waals surface area contributed by atoms with Gasteiger partial charge in [-0.15, -0.1) is 0 Å². The molecule has 0 aromatic heterocycles. The molecule has 3 N–H and O–H groups in total. The molecule has 0 unspecified atom stereocenters. The van der Waals surface area contributed by atoms with E-state index in [-0.39, 0.29) is 30.6 Å². The van der Waals surface area contributed by atoms with Gasteiger partial charge in [0.25, 0.3) is 0 Å². The van der Waals surface area contributed by atoms with Crippen LogP contribution in [-0.2, 0) is 22.5 Å². The lowest BCUT2D eigenvalue weighted by Gasteiger charge is -2.32. The van der Waals surface area contributed by atoms with Crippen LogP contribution in [-0.4, -0.2) is 40.7 Å². The van der Waals surface area contributed by atoms with Gasteiger partial charge in [0.2, 0.25) is 0 Å². The van der Waals surface area contributed by atoms with E-state index in [4.69, 9.17) is 21.4 Å². The molecule has 2 aliphatic rings. The van der Waals surface area contributed by atoms with Crippen molar-refractivity contribution in [1.29, 1.82) is 0 Å². The highest BCUT2D eigenvalue weighted by Gasteiger charge is 2.28. The first-order valence-electron chi connectivity index (χ1n) is 11.9. The van der Waals surface area contributed by atoms with Gasteiger partial charge >= 0.3 is 18.1 Å². The third kappa shape index (κ3) is 6.45. The molecule has 1 fully saturated rings. The third-order valence-corrected chi connectivity index (χ3v) is 7.20. The van der Waals surface area contributed by atoms with E-state index in [1.165, 1.54) is 0 Å². The lowest BCUT2D eigenvalue weighted by Crippen LogP contribution is -2.39.